The molecule has 0 saturated heterocycles. The second kappa shape index (κ2) is 13.5. The van der Waals surface area contributed by atoms with E-state index in [-0.39, 0.29) is 17.7 Å². The van der Waals surface area contributed by atoms with E-state index in [2.05, 4.69) is 0 Å². The zero-order chi connectivity index (χ0) is 21.8. The van der Waals surface area contributed by atoms with Gasteiger partial charge in [-0.2, -0.15) is 0 Å². The van der Waals surface area contributed by atoms with E-state index in [1.165, 1.54) is 0 Å². The predicted octanol–water partition coefficient (Wildman–Crippen LogP) is 3.43. The zero-order valence-electron chi connectivity index (χ0n) is 17.7. The molecule has 1 fully saturated rings. The monoisotopic (exact) mass is 419 g/mol. The standard InChI is InChI=1S/C24H37NO5/c26-19(12-8-11-18-9-4-3-5-10-18)15-16-21-20(22(27)17-23(21)28)13-6-1-2-7-14-24(29)25-30/h3-5,8-11,19-23,26-28,30H,1-2,6-7,12-17H2,(H,25,29)/t19?,20-,21-,22+,23-/m1/s1. The Labute approximate surface area is 179 Å². The van der Waals surface area contributed by atoms with Gasteiger partial charge in [0, 0.05) is 6.42 Å². The molecule has 0 aliphatic heterocycles. The lowest BCUT2D eigenvalue weighted by atomic mass is 9.84. The van der Waals surface area contributed by atoms with Gasteiger partial charge in [-0.15, -0.1) is 0 Å². The first-order chi connectivity index (χ1) is 14.5. The molecule has 1 saturated carbocycles. The number of amides is 1. The molecule has 30 heavy (non-hydrogen) atoms. The molecule has 0 spiro atoms. The van der Waals surface area contributed by atoms with Gasteiger partial charge in [-0.3, -0.25) is 10.0 Å². The van der Waals surface area contributed by atoms with Gasteiger partial charge < -0.3 is 15.3 Å². The van der Waals surface area contributed by atoms with Gasteiger partial charge in [0.1, 0.15) is 0 Å². The van der Waals surface area contributed by atoms with Crippen molar-refractivity contribution < 1.29 is 25.3 Å². The second-order valence-electron chi connectivity index (χ2n) is 8.47. The van der Waals surface area contributed by atoms with Gasteiger partial charge in [-0.1, -0.05) is 61.7 Å². The Morgan fingerprint density at radius 1 is 1.03 bits per heavy atom. The average Bonchev–Trinajstić information content (AvgIpc) is 3.01. The third-order valence-corrected chi connectivity index (χ3v) is 6.19. The highest BCUT2D eigenvalue weighted by Gasteiger charge is 2.40. The summed E-state index contributed by atoms with van der Waals surface area (Å²) in [6.45, 7) is 0. The van der Waals surface area contributed by atoms with Crippen LogP contribution in [0, 0.1) is 11.8 Å². The molecular weight excluding hydrogens is 382 g/mol. The lowest BCUT2D eigenvalue weighted by molar-refractivity contribution is -0.129. The Hall–Kier alpha value is -1.73. The van der Waals surface area contributed by atoms with Crippen molar-refractivity contribution in [3.63, 3.8) is 0 Å². The third kappa shape index (κ3) is 8.56. The third-order valence-electron chi connectivity index (χ3n) is 6.19. The number of aliphatic hydroxyl groups excluding tert-OH is 3. The van der Waals surface area contributed by atoms with E-state index < -0.39 is 18.3 Å². The summed E-state index contributed by atoms with van der Waals surface area (Å²) < 4.78 is 0. The maximum Gasteiger partial charge on any atom is 0.243 e. The molecule has 5 atom stereocenters. The minimum atomic E-state index is -0.509. The smallest absolute Gasteiger partial charge is 0.243 e. The Balaban J connectivity index is 1.69. The summed E-state index contributed by atoms with van der Waals surface area (Å²) in [5, 5.41) is 39.5. The minimum Gasteiger partial charge on any atom is -0.393 e. The zero-order valence-corrected chi connectivity index (χ0v) is 17.7. The normalized spacial score (nSPS) is 24.9. The largest absolute Gasteiger partial charge is 0.393 e. The van der Waals surface area contributed by atoms with Gasteiger partial charge in [0.05, 0.1) is 18.3 Å². The Kier molecular flexibility index (Phi) is 11.1. The number of hydroxylamine groups is 1. The summed E-state index contributed by atoms with van der Waals surface area (Å²) in [7, 11) is 0. The molecule has 1 amide bonds. The summed E-state index contributed by atoms with van der Waals surface area (Å²) in [4.78, 5) is 11.0. The topological polar surface area (TPSA) is 110 Å². The number of unbranched alkanes of at least 4 members (excludes halogenated alkanes) is 3. The molecule has 5 N–H and O–H groups in total. The Morgan fingerprint density at radius 3 is 2.40 bits per heavy atom. The number of hydrogen-bond donors (Lipinski definition) is 5. The van der Waals surface area contributed by atoms with E-state index in [9.17, 15) is 20.1 Å². The van der Waals surface area contributed by atoms with Gasteiger partial charge in [-0.05, 0) is 55.9 Å². The summed E-state index contributed by atoms with van der Waals surface area (Å²) in [5.41, 5.74) is 2.74. The Morgan fingerprint density at radius 2 is 1.70 bits per heavy atom. The second-order valence-corrected chi connectivity index (χ2v) is 8.47. The van der Waals surface area contributed by atoms with Gasteiger partial charge >= 0.3 is 0 Å². The molecule has 0 radical (unpaired) electrons. The van der Waals surface area contributed by atoms with Gasteiger partial charge in [0.25, 0.3) is 0 Å². The SMILES string of the molecule is O=C(CCCCCC[C@@H]1[C@@H](CCC(O)CC=Cc2ccccc2)[C@H](O)C[C@@H]1O)NO. The van der Waals surface area contributed by atoms with Crippen LogP contribution in [0.15, 0.2) is 36.4 Å². The van der Waals surface area contributed by atoms with Crippen LogP contribution in [-0.2, 0) is 4.79 Å². The first-order valence-electron chi connectivity index (χ1n) is 11.2. The van der Waals surface area contributed by atoms with Crippen LogP contribution in [0.4, 0.5) is 0 Å². The van der Waals surface area contributed by atoms with Crippen molar-refractivity contribution in [2.45, 2.75) is 82.5 Å². The highest BCUT2D eigenvalue weighted by atomic mass is 16.5. The van der Waals surface area contributed by atoms with E-state index in [0.717, 1.165) is 37.7 Å². The van der Waals surface area contributed by atoms with Crippen LogP contribution < -0.4 is 5.48 Å². The number of rotatable bonds is 13. The highest BCUT2D eigenvalue weighted by Crippen LogP contribution is 2.39. The fraction of sp³-hybridized carbons (Fsp3) is 0.625. The Bertz CT molecular complexity index is 636. The van der Waals surface area contributed by atoms with Crippen molar-refractivity contribution in [2.75, 3.05) is 0 Å². The van der Waals surface area contributed by atoms with Crippen molar-refractivity contribution >= 4 is 12.0 Å². The van der Waals surface area contributed by atoms with Crippen LogP contribution in [-0.4, -0.2) is 44.7 Å². The molecule has 1 aromatic rings. The summed E-state index contributed by atoms with van der Waals surface area (Å²) in [6, 6.07) is 9.97. The highest BCUT2D eigenvalue weighted by molar-refractivity contribution is 5.74. The maximum atomic E-state index is 11.0. The van der Waals surface area contributed by atoms with E-state index in [1.54, 1.807) is 5.48 Å². The van der Waals surface area contributed by atoms with E-state index >= 15 is 0 Å². The van der Waals surface area contributed by atoms with Gasteiger partial charge in [0.2, 0.25) is 5.91 Å². The minimum absolute atomic E-state index is 0.0212. The van der Waals surface area contributed by atoms with Crippen molar-refractivity contribution in [1.29, 1.82) is 0 Å². The van der Waals surface area contributed by atoms with Crippen molar-refractivity contribution in [1.82, 2.24) is 5.48 Å². The summed E-state index contributed by atoms with van der Waals surface area (Å²) >= 11 is 0. The molecule has 1 aliphatic rings. The van der Waals surface area contributed by atoms with Crippen LogP contribution in [0.5, 0.6) is 0 Å². The predicted molar refractivity (Wildman–Crippen MR) is 117 cm³/mol. The van der Waals surface area contributed by atoms with Crippen LogP contribution in [0.25, 0.3) is 6.08 Å². The molecule has 1 aliphatic carbocycles. The molecule has 6 heteroatoms. The molecule has 0 aromatic heterocycles. The average molecular weight is 420 g/mol. The molecule has 0 bridgehead atoms. The molecule has 168 valence electrons. The number of carbonyl (C=O) groups is 1. The number of hydrogen-bond acceptors (Lipinski definition) is 5. The molecule has 0 heterocycles. The summed E-state index contributed by atoms with van der Waals surface area (Å²) in [5.74, 6) is -0.276. The van der Waals surface area contributed by atoms with Crippen molar-refractivity contribution in [2.24, 2.45) is 11.8 Å². The molecule has 6 nitrogen and oxygen atoms in total. The number of benzene rings is 1. The van der Waals surface area contributed by atoms with Crippen molar-refractivity contribution in [3.05, 3.63) is 42.0 Å². The fourth-order valence-corrected chi connectivity index (χ4v) is 4.48. The number of aliphatic hydroxyl groups is 3. The van der Waals surface area contributed by atoms with Crippen LogP contribution in [0.1, 0.15) is 69.8 Å². The van der Waals surface area contributed by atoms with E-state index in [0.29, 0.717) is 32.1 Å². The molecular formula is C24H37NO5. The summed E-state index contributed by atoms with van der Waals surface area (Å²) in [6.07, 6.45) is 9.54. The molecule has 1 aromatic carbocycles. The molecule has 2 rings (SSSR count). The van der Waals surface area contributed by atoms with Crippen molar-refractivity contribution in [3.8, 4) is 0 Å². The van der Waals surface area contributed by atoms with Gasteiger partial charge in [0.15, 0.2) is 0 Å². The quantitative estimate of drug-likeness (QED) is 0.191. The number of carbonyl (C=O) groups excluding carboxylic acids is 1. The first-order valence-corrected chi connectivity index (χ1v) is 11.2. The van der Waals surface area contributed by atoms with Crippen LogP contribution in [0.2, 0.25) is 0 Å². The van der Waals surface area contributed by atoms with E-state index in [1.807, 2.05) is 42.5 Å². The van der Waals surface area contributed by atoms with Crippen LogP contribution in [0.3, 0.4) is 0 Å². The lowest BCUT2D eigenvalue weighted by Gasteiger charge is -2.24. The molecule has 1 unspecified atom stereocenters. The number of nitrogens with one attached hydrogen (secondary N) is 1. The van der Waals surface area contributed by atoms with Crippen LogP contribution >= 0.6 is 0 Å². The lowest BCUT2D eigenvalue weighted by Crippen LogP contribution is -2.23. The van der Waals surface area contributed by atoms with E-state index in [4.69, 9.17) is 5.21 Å². The van der Waals surface area contributed by atoms with Gasteiger partial charge in [-0.25, -0.2) is 5.48 Å². The fourth-order valence-electron chi connectivity index (χ4n) is 4.48. The maximum absolute atomic E-state index is 11.0. The first kappa shape index (κ1) is 24.5.